The van der Waals surface area contributed by atoms with Gasteiger partial charge in [0.25, 0.3) is 0 Å². The van der Waals surface area contributed by atoms with Crippen molar-refractivity contribution in [3.8, 4) is 0 Å². The van der Waals surface area contributed by atoms with E-state index in [4.69, 9.17) is 0 Å². The molecule has 21 heavy (non-hydrogen) atoms. The van der Waals surface area contributed by atoms with Crippen molar-refractivity contribution in [1.82, 2.24) is 9.80 Å². The van der Waals surface area contributed by atoms with Crippen LogP contribution in [0.1, 0.15) is 33.8 Å². The van der Waals surface area contributed by atoms with Gasteiger partial charge in [0.05, 0.1) is 5.92 Å². The van der Waals surface area contributed by atoms with Gasteiger partial charge in [-0.1, -0.05) is 18.2 Å². The first kappa shape index (κ1) is 13.8. The van der Waals surface area contributed by atoms with E-state index >= 15 is 0 Å². The summed E-state index contributed by atoms with van der Waals surface area (Å²) in [4.78, 5) is 39.0. The topological polar surface area (TPSA) is 57.7 Å². The Morgan fingerprint density at radius 3 is 2.62 bits per heavy atom. The molecule has 2 amide bonds. The number of carbonyl (C=O) groups excluding carboxylic acids is 3. The fourth-order valence-electron chi connectivity index (χ4n) is 3.26. The average molecular weight is 286 g/mol. The van der Waals surface area contributed by atoms with Crippen LogP contribution in [-0.2, 0) is 9.59 Å². The number of Topliss-reactive ketones (excluding diaryl/α,β-unsaturated/α-hetero) is 1. The predicted octanol–water partition coefficient (Wildman–Crippen LogP) is 0.966. The molecule has 0 spiro atoms. The van der Waals surface area contributed by atoms with E-state index in [1.807, 2.05) is 25.1 Å². The SMILES string of the molecule is Cc1cccc2c1C(C(=O)N1CCN(C=O)CC1)CC2=O. The second kappa shape index (κ2) is 5.31. The molecule has 5 heteroatoms. The number of hydrogen-bond donors (Lipinski definition) is 0. The number of piperazine rings is 1. The number of benzene rings is 1. The van der Waals surface area contributed by atoms with Gasteiger partial charge in [-0.3, -0.25) is 14.4 Å². The smallest absolute Gasteiger partial charge is 0.230 e. The number of rotatable bonds is 2. The normalized spacial score (nSPS) is 21.4. The summed E-state index contributed by atoms with van der Waals surface area (Å²) < 4.78 is 0. The van der Waals surface area contributed by atoms with E-state index in [-0.39, 0.29) is 24.0 Å². The maximum Gasteiger partial charge on any atom is 0.230 e. The zero-order chi connectivity index (χ0) is 15.0. The highest BCUT2D eigenvalue weighted by Gasteiger charge is 2.38. The summed E-state index contributed by atoms with van der Waals surface area (Å²) >= 11 is 0. The molecule has 0 bridgehead atoms. The van der Waals surface area contributed by atoms with Gasteiger partial charge < -0.3 is 9.80 Å². The van der Waals surface area contributed by atoms with Crippen molar-refractivity contribution in [3.63, 3.8) is 0 Å². The third kappa shape index (κ3) is 2.33. The van der Waals surface area contributed by atoms with Crippen molar-refractivity contribution in [2.75, 3.05) is 26.2 Å². The Morgan fingerprint density at radius 1 is 1.24 bits per heavy atom. The first-order valence-corrected chi connectivity index (χ1v) is 7.22. The van der Waals surface area contributed by atoms with Crippen LogP contribution in [0.2, 0.25) is 0 Å². The van der Waals surface area contributed by atoms with Gasteiger partial charge in [-0.25, -0.2) is 0 Å². The standard InChI is InChI=1S/C16H18N2O3/c1-11-3-2-4-12-14(20)9-13(15(11)12)16(21)18-7-5-17(10-19)6-8-18/h2-4,10,13H,5-9H2,1H3. The summed E-state index contributed by atoms with van der Waals surface area (Å²) in [7, 11) is 0. The Hall–Kier alpha value is -2.17. The first-order chi connectivity index (χ1) is 10.1. The quantitative estimate of drug-likeness (QED) is 0.761. The summed E-state index contributed by atoms with van der Waals surface area (Å²) in [5.41, 5.74) is 2.59. The van der Waals surface area contributed by atoms with Gasteiger partial charge in [0.15, 0.2) is 5.78 Å². The van der Waals surface area contributed by atoms with Crippen molar-refractivity contribution in [2.24, 2.45) is 0 Å². The lowest BCUT2D eigenvalue weighted by atomic mass is 9.95. The summed E-state index contributed by atoms with van der Waals surface area (Å²) in [6, 6.07) is 5.62. The van der Waals surface area contributed by atoms with Gasteiger partial charge in [0, 0.05) is 38.2 Å². The zero-order valence-electron chi connectivity index (χ0n) is 12.0. The van der Waals surface area contributed by atoms with Gasteiger partial charge in [0.2, 0.25) is 12.3 Å². The van der Waals surface area contributed by atoms with Crippen LogP contribution in [0.25, 0.3) is 0 Å². The van der Waals surface area contributed by atoms with Crippen molar-refractivity contribution < 1.29 is 14.4 Å². The minimum Gasteiger partial charge on any atom is -0.342 e. The molecular formula is C16H18N2O3. The number of nitrogens with zero attached hydrogens (tertiary/aromatic N) is 2. The monoisotopic (exact) mass is 286 g/mol. The van der Waals surface area contributed by atoms with Crippen molar-refractivity contribution in [3.05, 3.63) is 34.9 Å². The molecule has 0 saturated carbocycles. The molecule has 1 atom stereocenters. The largest absolute Gasteiger partial charge is 0.342 e. The molecule has 1 heterocycles. The van der Waals surface area contributed by atoms with E-state index in [1.165, 1.54) is 0 Å². The first-order valence-electron chi connectivity index (χ1n) is 7.22. The zero-order valence-corrected chi connectivity index (χ0v) is 12.0. The third-order valence-electron chi connectivity index (χ3n) is 4.44. The summed E-state index contributed by atoms with van der Waals surface area (Å²) in [5.74, 6) is -0.281. The molecule has 1 unspecified atom stereocenters. The molecule has 1 aromatic rings. The fourth-order valence-corrected chi connectivity index (χ4v) is 3.26. The molecule has 1 aromatic carbocycles. The molecule has 1 aliphatic heterocycles. The van der Waals surface area contributed by atoms with Gasteiger partial charge in [-0.05, 0) is 18.1 Å². The molecule has 0 aromatic heterocycles. The fraction of sp³-hybridized carbons (Fsp3) is 0.438. The van der Waals surface area contributed by atoms with E-state index in [0.717, 1.165) is 17.5 Å². The second-order valence-electron chi connectivity index (χ2n) is 5.68. The van der Waals surface area contributed by atoms with E-state index < -0.39 is 0 Å². The number of aryl methyl sites for hydroxylation is 1. The molecule has 5 nitrogen and oxygen atoms in total. The van der Waals surface area contributed by atoms with Crippen LogP contribution in [0.3, 0.4) is 0 Å². The number of ketones is 1. The van der Waals surface area contributed by atoms with Gasteiger partial charge in [-0.15, -0.1) is 0 Å². The maximum atomic E-state index is 12.7. The molecule has 110 valence electrons. The van der Waals surface area contributed by atoms with Gasteiger partial charge >= 0.3 is 0 Å². The molecule has 0 N–H and O–H groups in total. The van der Waals surface area contributed by atoms with Gasteiger partial charge in [-0.2, -0.15) is 0 Å². The molecule has 1 saturated heterocycles. The van der Waals surface area contributed by atoms with Crippen molar-refractivity contribution in [1.29, 1.82) is 0 Å². The summed E-state index contributed by atoms with van der Waals surface area (Å²) in [6.45, 7) is 4.17. The number of carbonyl (C=O) groups is 3. The van der Waals surface area contributed by atoms with E-state index in [1.54, 1.807) is 9.80 Å². The Morgan fingerprint density at radius 2 is 1.95 bits per heavy atom. The van der Waals surface area contributed by atoms with Crippen LogP contribution in [-0.4, -0.2) is 54.1 Å². The molecular weight excluding hydrogens is 268 g/mol. The van der Waals surface area contributed by atoms with Crippen LogP contribution in [0, 0.1) is 6.92 Å². The third-order valence-corrected chi connectivity index (χ3v) is 4.44. The highest BCUT2D eigenvalue weighted by Crippen LogP contribution is 2.36. The second-order valence-corrected chi connectivity index (χ2v) is 5.68. The van der Waals surface area contributed by atoms with Crippen LogP contribution in [0.5, 0.6) is 0 Å². The predicted molar refractivity (Wildman–Crippen MR) is 77.1 cm³/mol. The van der Waals surface area contributed by atoms with E-state index in [0.29, 0.717) is 31.7 Å². The maximum absolute atomic E-state index is 12.7. The number of amides is 2. The van der Waals surface area contributed by atoms with E-state index in [9.17, 15) is 14.4 Å². The number of hydrogen-bond acceptors (Lipinski definition) is 3. The Labute approximate surface area is 123 Å². The summed E-state index contributed by atoms with van der Waals surface area (Å²) in [6.07, 6.45) is 1.09. The molecule has 1 fully saturated rings. The molecule has 0 radical (unpaired) electrons. The molecule has 1 aliphatic carbocycles. The van der Waals surface area contributed by atoms with Crippen molar-refractivity contribution in [2.45, 2.75) is 19.3 Å². The summed E-state index contributed by atoms with van der Waals surface area (Å²) in [5, 5.41) is 0. The highest BCUT2D eigenvalue weighted by atomic mass is 16.2. The van der Waals surface area contributed by atoms with E-state index in [2.05, 4.69) is 0 Å². The molecule has 3 rings (SSSR count). The van der Waals surface area contributed by atoms with Gasteiger partial charge in [0.1, 0.15) is 0 Å². The van der Waals surface area contributed by atoms with Crippen LogP contribution >= 0.6 is 0 Å². The van der Waals surface area contributed by atoms with Crippen LogP contribution < -0.4 is 0 Å². The lowest BCUT2D eigenvalue weighted by molar-refractivity contribution is -0.136. The lowest BCUT2D eigenvalue weighted by Gasteiger charge is -2.34. The average Bonchev–Trinajstić information content (AvgIpc) is 2.85. The Balaban J connectivity index is 1.82. The van der Waals surface area contributed by atoms with Crippen molar-refractivity contribution >= 4 is 18.1 Å². The minimum absolute atomic E-state index is 0.0157. The van der Waals surface area contributed by atoms with Crippen LogP contribution in [0.4, 0.5) is 0 Å². The number of fused-ring (bicyclic) bond motifs is 1. The Kier molecular flexibility index (Phi) is 3.49. The highest BCUT2D eigenvalue weighted by molar-refractivity contribution is 6.07. The lowest BCUT2D eigenvalue weighted by Crippen LogP contribution is -2.49. The Bertz CT molecular complexity index is 604. The van der Waals surface area contributed by atoms with Crippen LogP contribution in [0.15, 0.2) is 18.2 Å². The minimum atomic E-state index is -0.350. The molecule has 2 aliphatic rings.